The summed E-state index contributed by atoms with van der Waals surface area (Å²) in [6.07, 6.45) is 17.7. The molecule has 4 unspecified atom stereocenters. The lowest BCUT2D eigenvalue weighted by Crippen LogP contribution is -2.47. The van der Waals surface area contributed by atoms with Gasteiger partial charge in [0, 0.05) is 0 Å². The van der Waals surface area contributed by atoms with E-state index in [1.165, 1.54) is 62.5 Å². The number of carbonyl (C=O) groups is 1. The van der Waals surface area contributed by atoms with Crippen LogP contribution in [0.4, 0.5) is 0 Å². The highest BCUT2D eigenvalue weighted by Gasteiger charge is 2.57. The second kappa shape index (κ2) is 12.3. The molecule has 4 nitrogen and oxygen atoms in total. The van der Waals surface area contributed by atoms with E-state index in [2.05, 4.69) is 19.9 Å². The molecule has 0 heterocycles. The minimum Gasteiger partial charge on any atom is -0.508 e. The van der Waals surface area contributed by atoms with Gasteiger partial charge >= 0.3 is 5.97 Å². The molecule has 3 N–H and O–H groups in total. The number of hydrogen-bond acceptors (Lipinski definition) is 3. The minimum absolute atomic E-state index is 0.0752. The summed E-state index contributed by atoms with van der Waals surface area (Å²) in [6, 6.07) is 6.09. The summed E-state index contributed by atoms with van der Waals surface area (Å²) >= 11 is 0. The molecule has 36 heavy (non-hydrogen) atoms. The summed E-state index contributed by atoms with van der Waals surface area (Å²) < 4.78 is 0. The van der Waals surface area contributed by atoms with Crippen molar-refractivity contribution in [3.63, 3.8) is 0 Å². The van der Waals surface area contributed by atoms with Crippen molar-refractivity contribution < 1.29 is 20.1 Å². The van der Waals surface area contributed by atoms with E-state index in [-0.39, 0.29) is 17.4 Å². The third kappa shape index (κ3) is 5.95. The lowest BCUT2D eigenvalue weighted by atomic mass is 9.51. The Kier molecular flexibility index (Phi) is 9.41. The van der Waals surface area contributed by atoms with Crippen LogP contribution in [0, 0.1) is 29.1 Å². The van der Waals surface area contributed by atoms with Crippen LogP contribution in [0.2, 0.25) is 0 Å². The average Bonchev–Trinajstić information content (AvgIpc) is 3.15. The molecule has 4 rings (SSSR count). The number of unbranched alkanes of at least 4 members (excludes halogenated alkanes) is 6. The van der Waals surface area contributed by atoms with Gasteiger partial charge in [0.1, 0.15) is 5.75 Å². The van der Waals surface area contributed by atoms with Gasteiger partial charge in [-0.2, -0.15) is 0 Å². The Morgan fingerprint density at radius 2 is 1.75 bits per heavy atom. The van der Waals surface area contributed by atoms with Gasteiger partial charge in [-0.15, -0.1) is 0 Å². The first kappa shape index (κ1) is 27.5. The van der Waals surface area contributed by atoms with Crippen LogP contribution < -0.4 is 0 Å². The van der Waals surface area contributed by atoms with E-state index in [4.69, 9.17) is 0 Å². The molecule has 0 amide bonds. The Hall–Kier alpha value is -1.55. The maximum Gasteiger partial charge on any atom is 0.306 e. The fourth-order valence-corrected chi connectivity index (χ4v) is 8.55. The number of aromatic hydroxyl groups is 1. The predicted octanol–water partition coefficient (Wildman–Crippen LogP) is 7.85. The number of carboxylic acid groups (broad SMARTS) is 1. The molecular weight excluding hydrogens is 448 g/mol. The molecule has 0 radical (unpaired) electrons. The highest BCUT2D eigenvalue weighted by atomic mass is 16.4. The second-order valence-electron chi connectivity index (χ2n) is 12.7. The summed E-state index contributed by atoms with van der Waals surface area (Å²) in [5.74, 6) is 2.14. The minimum atomic E-state index is -0.621. The summed E-state index contributed by atoms with van der Waals surface area (Å²) in [4.78, 5) is 11.3. The fourth-order valence-electron chi connectivity index (χ4n) is 8.55. The molecule has 0 aromatic heterocycles. The average molecular weight is 499 g/mol. The van der Waals surface area contributed by atoms with Crippen molar-refractivity contribution in [2.75, 3.05) is 0 Å². The standard InChI is InChI=1S/C32H50O4/c1-3-11-22(31(35)36)12-9-7-5-4-6-8-10-13-24-21-32(2)28(18-19-29(32)34)27-16-14-23-20-25(33)15-17-26(23)30(24)27/h15,17,20,22,24,27-30,33-34H,3-14,16,18-19,21H2,1-2H3,(H,35,36)/t22?,24-,27?,28?,29-,30?,32-/m0/s1. The van der Waals surface area contributed by atoms with Crippen molar-refractivity contribution in [1.82, 2.24) is 0 Å². The van der Waals surface area contributed by atoms with E-state index in [1.54, 1.807) is 0 Å². The van der Waals surface area contributed by atoms with Crippen LogP contribution in [-0.4, -0.2) is 27.4 Å². The first-order valence-electron chi connectivity index (χ1n) is 15.1. The molecule has 2 saturated carbocycles. The molecule has 1 aromatic rings. The van der Waals surface area contributed by atoms with Crippen molar-refractivity contribution in [2.24, 2.45) is 29.1 Å². The van der Waals surface area contributed by atoms with Gasteiger partial charge in [0.2, 0.25) is 0 Å². The quantitative estimate of drug-likeness (QED) is 0.242. The monoisotopic (exact) mass is 498 g/mol. The number of phenolic OH excluding ortho intramolecular Hbond substituents is 1. The molecular formula is C32H50O4. The first-order chi connectivity index (χ1) is 17.3. The Balaban J connectivity index is 1.26. The Bertz CT molecular complexity index is 866. The first-order valence-corrected chi connectivity index (χ1v) is 15.1. The molecule has 202 valence electrons. The van der Waals surface area contributed by atoms with E-state index in [0.717, 1.165) is 51.4 Å². The number of aryl methyl sites for hydroxylation is 1. The highest BCUT2D eigenvalue weighted by molar-refractivity contribution is 5.69. The Morgan fingerprint density at radius 3 is 2.47 bits per heavy atom. The molecule has 0 spiro atoms. The predicted molar refractivity (Wildman–Crippen MR) is 145 cm³/mol. The Labute approximate surface area is 218 Å². The zero-order valence-corrected chi connectivity index (χ0v) is 22.8. The molecule has 3 aliphatic rings. The van der Waals surface area contributed by atoms with Crippen LogP contribution in [-0.2, 0) is 11.2 Å². The van der Waals surface area contributed by atoms with Gasteiger partial charge in [-0.3, -0.25) is 4.79 Å². The maximum absolute atomic E-state index is 11.3. The smallest absolute Gasteiger partial charge is 0.306 e. The van der Waals surface area contributed by atoms with Gasteiger partial charge in [-0.25, -0.2) is 0 Å². The number of carboxylic acids is 1. The SMILES string of the molecule is CCCC(CCCCCCCCC[C@H]1C[C@@]2(C)C(CC[C@@H]2O)C2CCc3cc(O)ccc3C21)C(=O)O. The van der Waals surface area contributed by atoms with Crippen LogP contribution in [0.5, 0.6) is 5.75 Å². The zero-order valence-electron chi connectivity index (χ0n) is 22.8. The summed E-state index contributed by atoms with van der Waals surface area (Å²) in [5.41, 5.74) is 2.92. The molecule has 0 saturated heterocycles. The largest absolute Gasteiger partial charge is 0.508 e. The van der Waals surface area contributed by atoms with Crippen LogP contribution in [0.3, 0.4) is 0 Å². The van der Waals surface area contributed by atoms with Gasteiger partial charge in [0.25, 0.3) is 0 Å². The van der Waals surface area contributed by atoms with Crippen LogP contribution in [0.1, 0.15) is 127 Å². The number of fused-ring (bicyclic) bond motifs is 5. The van der Waals surface area contributed by atoms with Crippen molar-refractivity contribution in [3.8, 4) is 5.75 Å². The lowest BCUT2D eigenvalue weighted by molar-refractivity contribution is -0.142. The van der Waals surface area contributed by atoms with Crippen molar-refractivity contribution in [2.45, 2.75) is 129 Å². The third-order valence-corrected chi connectivity index (χ3v) is 10.4. The van der Waals surface area contributed by atoms with Crippen molar-refractivity contribution in [1.29, 1.82) is 0 Å². The Morgan fingerprint density at radius 1 is 1.03 bits per heavy atom. The third-order valence-electron chi connectivity index (χ3n) is 10.4. The highest BCUT2D eigenvalue weighted by Crippen LogP contribution is 2.63. The summed E-state index contributed by atoms with van der Waals surface area (Å²) in [6.45, 7) is 4.44. The van der Waals surface area contributed by atoms with Crippen LogP contribution in [0.15, 0.2) is 18.2 Å². The number of benzene rings is 1. The topological polar surface area (TPSA) is 77.8 Å². The zero-order chi connectivity index (χ0) is 25.7. The van der Waals surface area contributed by atoms with E-state index in [0.29, 0.717) is 29.4 Å². The normalized spacial score (nSPS) is 31.9. The van der Waals surface area contributed by atoms with E-state index >= 15 is 0 Å². The maximum atomic E-state index is 11.3. The molecule has 3 aliphatic carbocycles. The molecule has 0 bridgehead atoms. The number of aliphatic carboxylic acids is 1. The molecule has 4 heteroatoms. The van der Waals surface area contributed by atoms with Gasteiger partial charge in [-0.1, -0.05) is 71.3 Å². The van der Waals surface area contributed by atoms with Crippen LogP contribution in [0.25, 0.3) is 0 Å². The van der Waals surface area contributed by atoms with E-state index in [9.17, 15) is 20.1 Å². The number of phenols is 1. The number of hydrogen-bond donors (Lipinski definition) is 3. The summed E-state index contributed by atoms with van der Waals surface area (Å²) in [5, 5.41) is 30.3. The van der Waals surface area contributed by atoms with Crippen molar-refractivity contribution in [3.05, 3.63) is 29.3 Å². The van der Waals surface area contributed by atoms with Gasteiger partial charge < -0.3 is 15.3 Å². The molecule has 2 fully saturated rings. The van der Waals surface area contributed by atoms with Crippen molar-refractivity contribution >= 4 is 5.97 Å². The molecule has 1 aromatic carbocycles. The van der Waals surface area contributed by atoms with E-state index in [1.807, 2.05) is 12.1 Å². The molecule has 0 aliphatic heterocycles. The number of aliphatic hydroxyl groups is 1. The second-order valence-corrected chi connectivity index (χ2v) is 12.7. The molecule has 7 atom stereocenters. The fraction of sp³-hybridized carbons (Fsp3) is 0.781. The van der Waals surface area contributed by atoms with Gasteiger partial charge in [0.15, 0.2) is 0 Å². The summed E-state index contributed by atoms with van der Waals surface area (Å²) in [7, 11) is 0. The lowest BCUT2D eigenvalue weighted by Gasteiger charge is -2.54. The van der Waals surface area contributed by atoms with E-state index < -0.39 is 5.97 Å². The van der Waals surface area contributed by atoms with Crippen LogP contribution >= 0.6 is 0 Å². The number of rotatable bonds is 13. The van der Waals surface area contributed by atoms with Gasteiger partial charge in [0.05, 0.1) is 12.0 Å². The van der Waals surface area contributed by atoms with Gasteiger partial charge in [-0.05, 0) is 104 Å². The number of aliphatic hydroxyl groups excluding tert-OH is 1.